The number of ether oxygens (including phenoxy) is 1. The molecule has 0 saturated carbocycles. The van der Waals surface area contributed by atoms with Gasteiger partial charge in [0.05, 0.1) is 6.10 Å². The van der Waals surface area contributed by atoms with Gasteiger partial charge in [-0.1, -0.05) is 64.7 Å². The third-order valence-electron chi connectivity index (χ3n) is 2.95. The second kappa shape index (κ2) is 21.8. The normalized spacial score (nSPS) is 10.3. The van der Waals surface area contributed by atoms with E-state index in [0.717, 1.165) is 6.61 Å². The molecular weight excluding hydrogens is 320 g/mol. The van der Waals surface area contributed by atoms with Gasteiger partial charge in [-0.05, 0) is 20.3 Å². The zero-order chi connectivity index (χ0) is 16.6. The van der Waals surface area contributed by atoms with E-state index in [-0.39, 0.29) is 12.3 Å². The lowest BCUT2D eigenvalue weighted by atomic mass is 10.1. The van der Waals surface area contributed by atoms with E-state index < -0.39 is 10.4 Å². The first kappa shape index (κ1) is 30.6. The highest BCUT2D eigenvalue weighted by Crippen LogP contribution is 2.10. The van der Waals surface area contributed by atoms with Crippen LogP contribution in [-0.2, 0) is 15.1 Å². The van der Waals surface area contributed by atoms with Gasteiger partial charge in [-0.25, -0.2) is 0 Å². The maximum atomic E-state index is 8.74. The van der Waals surface area contributed by atoms with Crippen molar-refractivity contribution < 1.29 is 22.3 Å². The maximum Gasteiger partial charge on any atom is 0.394 e. The third kappa shape index (κ3) is 52.2. The van der Waals surface area contributed by atoms with E-state index >= 15 is 0 Å². The van der Waals surface area contributed by atoms with Crippen LogP contribution in [0.25, 0.3) is 0 Å². The van der Waals surface area contributed by atoms with E-state index in [2.05, 4.69) is 20.8 Å². The molecule has 0 amide bonds. The van der Waals surface area contributed by atoms with Crippen molar-refractivity contribution in [1.29, 1.82) is 0 Å². The largest absolute Gasteiger partial charge is 0.394 e. The van der Waals surface area contributed by atoms with Gasteiger partial charge >= 0.3 is 10.4 Å². The molecule has 0 bridgehead atoms. The van der Waals surface area contributed by atoms with Crippen LogP contribution in [0.15, 0.2) is 0 Å². The lowest BCUT2D eigenvalue weighted by Gasteiger charge is -2.06. The van der Waals surface area contributed by atoms with E-state index in [4.69, 9.17) is 22.3 Å². The molecule has 0 aliphatic rings. The SMILES string of the molecule is CCCCCCCCCCCCOC(C)C.N.N.O=S(=O)(O)O. The smallest absolute Gasteiger partial charge is 0.379 e. The summed E-state index contributed by atoms with van der Waals surface area (Å²) < 4.78 is 37.1. The van der Waals surface area contributed by atoms with Crippen molar-refractivity contribution in [2.75, 3.05) is 6.61 Å². The molecular formula is C15H40N2O5S. The van der Waals surface area contributed by atoms with Crippen LogP contribution in [0.2, 0.25) is 0 Å². The molecule has 0 aromatic rings. The van der Waals surface area contributed by atoms with Crippen LogP contribution in [0.3, 0.4) is 0 Å². The first-order valence-electron chi connectivity index (χ1n) is 8.08. The minimum Gasteiger partial charge on any atom is -0.379 e. The van der Waals surface area contributed by atoms with Crippen molar-refractivity contribution in [3.8, 4) is 0 Å². The summed E-state index contributed by atoms with van der Waals surface area (Å²) in [6, 6.07) is 0. The Balaban J connectivity index is -0.000000225. The molecule has 0 aliphatic heterocycles. The second-order valence-corrected chi connectivity index (χ2v) is 6.45. The van der Waals surface area contributed by atoms with Crippen LogP contribution in [0, 0.1) is 0 Å². The summed E-state index contributed by atoms with van der Waals surface area (Å²) in [5.41, 5.74) is 0. The summed E-state index contributed by atoms with van der Waals surface area (Å²) in [6.07, 6.45) is 14.4. The summed E-state index contributed by atoms with van der Waals surface area (Å²) in [5.74, 6) is 0. The molecule has 0 spiro atoms. The predicted octanol–water partition coefficient (Wildman–Crippen LogP) is 5.00. The van der Waals surface area contributed by atoms with Crippen molar-refractivity contribution in [1.82, 2.24) is 12.3 Å². The molecule has 0 radical (unpaired) electrons. The van der Waals surface area contributed by atoms with Gasteiger partial charge in [-0.2, -0.15) is 8.42 Å². The van der Waals surface area contributed by atoms with Crippen molar-refractivity contribution in [3.63, 3.8) is 0 Å². The van der Waals surface area contributed by atoms with E-state index in [1.54, 1.807) is 0 Å². The molecule has 0 aliphatic carbocycles. The molecule has 146 valence electrons. The Morgan fingerprint density at radius 3 is 1.39 bits per heavy atom. The van der Waals surface area contributed by atoms with Gasteiger partial charge in [0.25, 0.3) is 0 Å². The molecule has 0 aromatic heterocycles. The summed E-state index contributed by atoms with van der Waals surface area (Å²) >= 11 is 0. The van der Waals surface area contributed by atoms with E-state index in [1.165, 1.54) is 64.2 Å². The average Bonchev–Trinajstić information content (AvgIpc) is 2.33. The molecule has 0 saturated heterocycles. The fourth-order valence-corrected chi connectivity index (χ4v) is 1.91. The highest BCUT2D eigenvalue weighted by atomic mass is 32.3. The highest BCUT2D eigenvalue weighted by molar-refractivity contribution is 7.79. The van der Waals surface area contributed by atoms with Gasteiger partial charge in [0, 0.05) is 6.61 Å². The Kier molecular flexibility index (Phi) is 28.9. The molecule has 8 heteroatoms. The van der Waals surface area contributed by atoms with Crippen LogP contribution in [0.5, 0.6) is 0 Å². The minimum absolute atomic E-state index is 0. The van der Waals surface area contributed by atoms with Crippen LogP contribution >= 0.6 is 0 Å². The summed E-state index contributed by atoms with van der Waals surface area (Å²) in [5, 5.41) is 0. The van der Waals surface area contributed by atoms with Gasteiger partial charge in [0.1, 0.15) is 0 Å². The second-order valence-electron chi connectivity index (χ2n) is 5.55. The Labute approximate surface area is 143 Å². The van der Waals surface area contributed by atoms with E-state index in [0.29, 0.717) is 6.10 Å². The van der Waals surface area contributed by atoms with Crippen LogP contribution in [-0.4, -0.2) is 30.2 Å². The number of rotatable bonds is 12. The van der Waals surface area contributed by atoms with E-state index in [9.17, 15) is 0 Å². The predicted molar refractivity (Wildman–Crippen MR) is 97.2 cm³/mol. The lowest BCUT2D eigenvalue weighted by Crippen LogP contribution is -2.03. The summed E-state index contributed by atoms with van der Waals surface area (Å²) in [7, 11) is -4.67. The zero-order valence-corrected chi connectivity index (χ0v) is 16.1. The number of hydrogen-bond donors (Lipinski definition) is 4. The monoisotopic (exact) mass is 360 g/mol. The first-order valence-corrected chi connectivity index (χ1v) is 9.48. The van der Waals surface area contributed by atoms with Crippen LogP contribution in [0.1, 0.15) is 85.0 Å². The molecule has 0 fully saturated rings. The van der Waals surface area contributed by atoms with Crippen molar-refractivity contribution in [2.24, 2.45) is 0 Å². The Bertz CT molecular complexity index is 290. The molecule has 0 heterocycles. The van der Waals surface area contributed by atoms with E-state index in [1.807, 2.05) is 0 Å². The standard InChI is InChI=1S/C15H32O.2H3N.H2O4S/c1-4-5-6-7-8-9-10-11-12-13-14-16-15(2)3;;;1-5(2,3)4/h15H,4-14H2,1-3H3;2*1H3;(H2,1,2,3,4). The first-order chi connectivity index (χ1) is 9.77. The Hall–Kier alpha value is -0.250. The quantitative estimate of drug-likeness (QED) is 0.282. The number of hydrogen-bond acceptors (Lipinski definition) is 5. The summed E-state index contributed by atoms with van der Waals surface area (Å²) in [4.78, 5) is 0. The fraction of sp³-hybridized carbons (Fsp3) is 1.00. The van der Waals surface area contributed by atoms with Crippen molar-refractivity contribution in [2.45, 2.75) is 91.1 Å². The molecule has 7 nitrogen and oxygen atoms in total. The van der Waals surface area contributed by atoms with Crippen molar-refractivity contribution in [3.05, 3.63) is 0 Å². The van der Waals surface area contributed by atoms with Crippen LogP contribution < -0.4 is 12.3 Å². The highest BCUT2D eigenvalue weighted by Gasteiger charge is 1.94. The molecule has 0 unspecified atom stereocenters. The Morgan fingerprint density at radius 1 is 0.783 bits per heavy atom. The molecule has 23 heavy (non-hydrogen) atoms. The van der Waals surface area contributed by atoms with Gasteiger partial charge in [-0.15, -0.1) is 0 Å². The Morgan fingerprint density at radius 2 is 1.09 bits per heavy atom. The number of unbranched alkanes of at least 4 members (excludes halogenated alkanes) is 9. The summed E-state index contributed by atoms with van der Waals surface area (Å²) in [6.45, 7) is 7.44. The molecule has 0 atom stereocenters. The molecule has 0 aromatic carbocycles. The van der Waals surface area contributed by atoms with Crippen LogP contribution in [0.4, 0.5) is 0 Å². The average molecular weight is 361 g/mol. The topological polar surface area (TPSA) is 154 Å². The third-order valence-corrected chi connectivity index (χ3v) is 2.95. The fourth-order valence-electron chi connectivity index (χ4n) is 1.91. The van der Waals surface area contributed by atoms with Crippen molar-refractivity contribution >= 4 is 10.4 Å². The lowest BCUT2D eigenvalue weighted by molar-refractivity contribution is 0.0756. The van der Waals surface area contributed by atoms with Gasteiger partial charge in [-0.3, -0.25) is 9.11 Å². The maximum absolute atomic E-state index is 8.74. The molecule has 8 N–H and O–H groups in total. The van der Waals surface area contributed by atoms with Gasteiger partial charge in [0.2, 0.25) is 0 Å². The van der Waals surface area contributed by atoms with Gasteiger partial charge in [0.15, 0.2) is 0 Å². The minimum atomic E-state index is -4.67. The zero-order valence-electron chi connectivity index (χ0n) is 15.3. The molecule has 0 rings (SSSR count). The van der Waals surface area contributed by atoms with Gasteiger partial charge < -0.3 is 17.0 Å².